The van der Waals surface area contributed by atoms with Gasteiger partial charge in [-0.1, -0.05) is 19.1 Å². The Morgan fingerprint density at radius 2 is 2.04 bits per heavy atom. The molecule has 2 saturated heterocycles. The van der Waals surface area contributed by atoms with Crippen molar-refractivity contribution in [3.8, 4) is 5.75 Å². The number of thiophene rings is 1. The summed E-state index contributed by atoms with van der Waals surface area (Å²) in [6, 6.07) is 10.8. The van der Waals surface area contributed by atoms with E-state index in [0.29, 0.717) is 12.6 Å². The molecule has 0 radical (unpaired) electrons. The molecule has 26 heavy (non-hydrogen) atoms. The number of fused-ring (bicyclic) bond motifs is 1. The van der Waals surface area contributed by atoms with E-state index < -0.39 is 0 Å². The van der Waals surface area contributed by atoms with Gasteiger partial charge in [0, 0.05) is 31.2 Å². The van der Waals surface area contributed by atoms with Gasteiger partial charge in [-0.15, -0.1) is 11.3 Å². The van der Waals surface area contributed by atoms with Crippen LogP contribution in [0, 0.1) is 0 Å². The van der Waals surface area contributed by atoms with Crippen LogP contribution in [0.2, 0.25) is 0 Å². The average Bonchev–Trinajstić information content (AvgIpc) is 3.35. The maximum Gasteiger partial charge on any atom is 0.264 e. The van der Waals surface area contributed by atoms with Gasteiger partial charge in [0.1, 0.15) is 12.4 Å². The van der Waals surface area contributed by atoms with E-state index >= 15 is 0 Å². The minimum absolute atomic E-state index is 0.181. The van der Waals surface area contributed by atoms with Crippen molar-refractivity contribution in [3.63, 3.8) is 0 Å². The number of piperazine rings is 1. The van der Waals surface area contributed by atoms with Crippen LogP contribution in [0.4, 0.5) is 0 Å². The third kappa shape index (κ3) is 3.79. The zero-order valence-corrected chi connectivity index (χ0v) is 16.1. The molecule has 0 saturated carbocycles. The Balaban J connectivity index is 1.34. The lowest BCUT2D eigenvalue weighted by atomic mass is 10.1. The van der Waals surface area contributed by atoms with Crippen molar-refractivity contribution in [2.75, 3.05) is 26.2 Å². The normalized spacial score (nSPS) is 20.2. The van der Waals surface area contributed by atoms with Crippen molar-refractivity contribution in [2.45, 2.75) is 38.8 Å². The first kappa shape index (κ1) is 17.6. The van der Waals surface area contributed by atoms with Crippen LogP contribution in [-0.2, 0) is 13.0 Å². The highest BCUT2D eigenvalue weighted by atomic mass is 32.1. The Morgan fingerprint density at radius 3 is 2.85 bits per heavy atom. The quantitative estimate of drug-likeness (QED) is 0.802. The number of carbonyl (C=O) groups excluding carboxylic acids is 1. The van der Waals surface area contributed by atoms with E-state index in [-0.39, 0.29) is 5.91 Å². The number of hydrogen-bond acceptors (Lipinski definition) is 4. The predicted octanol–water partition coefficient (Wildman–Crippen LogP) is 3.81. The summed E-state index contributed by atoms with van der Waals surface area (Å²) in [5.41, 5.74) is 2.38. The SMILES string of the molecule is CCc1ccc(OCc2csc(C(=O)N3CCN4CCCC4C3)c2)cc1. The fraction of sp³-hybridized carbons (Fsp3) is 0.476. The smallest absolute Gasteiger partial charge is 0.264 e. The highest BCUT2D eigenvalue weighted by Crippen LogP contribution is 2.25. The summed E-state index contributed by atoms with van der Waals surface area (Å²) in [6.45, 7) is 6.60. The van der Waals surface area contributed by atoms with E-state index in [4.69, 9.17) is 4.74 Å². The van der Waals surface area contributed by atoms with Gasteiger partial charge in [-0.25, -0.2) is 0 Å². The van der Waals surface area contributed by atoms with Gasteiger partial charge in [-0.2, -0.15) is 0 Å². The summed E-state index contributed by atoms with van der Waals surface area (Å²) in [6.07, 6.45) is 3.53. The van der Waals surface area contributed by atoms with Crippen molar-refractivity contribution in [3.05, 3.63) is 51.7 Å². The van der Waals surface area contributed by atoms with Crippen molar-refractivity contribution >= 4 is 17.2 Å². The van der Waals surface area contributed by atoms with Gasteiger partial charge in [-0.3, -0.25) is 9.69 Å². The van der Waals surface area contributed by atoms with Crippen molar-refractivity contribution in [2.24, 2.45) is 0 Å². The van der Waals surface area contributed by atoms with Crippen molar-refractivity contribution in [1.82, 2.24) is 9.80 Å². The number of aryl methyl sites for hydroxylation is 1. The first-order valence-corrected chi connectivity index (χ1v) is 10.4. The molecule has 1 amide bonds. The maximum atomic E-state index is 12.8. The summed E-state index contributed by atoms with van der Waals surface area (Å²) in [4.78, 5) is 18.2. The van der Waals surface area contributed by atoms with E-state index in [1.807, 2.05) is 28.5 Å². The van der Waals surface area contributed by atoms with Crippen LogP contribution in [0.5, 0.6) is 5.75 Å². The topological polar surface area (TPSA) is 32.8 Å². The van der Waals surface area contributed by atoms with Crippen molar-refractivity contribution in [1.29, 1.82) is 0 Å². The largest absolute Gasteiger partial charge is 0.489 e. The molecule has 0 spiro atoms. The second-order valence-electron chi connectivity index (χ2n) is 7.19. The molecule has 2 fully saturated rings. The van der Waals surface area contributed by atoms with Crippen LogP contribution in [0.1, 0.15) is 40.6 Å². The van der Waals surface area contributed by atoms with Gasteiger partial charge in [0.15, 0.2) is 0 Å². The molecule has 0 aliphatic carbocycles. The van der Waals surface area contributed by atoms with E-state index in [2.05, 4.69) is 24.0 Å². The van der Waals surface area contributed by atoms with Crippen molar-refractivity contribution < 1.29 is 9.53 Å². The van der Waals surface area contributed by atoms with Gasteiger partial charge in [0.2, 0.25) is 0 Å². The second kappa shape index (κ2) is 7.80. The average molecular weight is 371 g/mol. The number of rotatable bonds is 5. The maximum absolute atomic E-state index is 12.8. The number of benzene rings is 1. The molecule has 5 heteroatoms. The molecule has 1 aromatic heterocycles. The molecule has 1 atom stereocenters. The lowest BCUT2D eigenvalue weighted by Crippen LogP contribution is -2.51. The molecule has 1 aromatic carbocycles. The van der Waals surface area contributed by atoms with Gasteiger partial charge >= 0.3 is 0 Å². The molecule has 3 heterocycles. The molecular weight excluding hydrogens is 344 g/mol. The van der Waals surface area contributed by atoms with Gasteiger partial charge in [0.25, 0.3) is 5.91 Å². The first-order chi connectivity index (χ1) is 12.7. The molecule has 0 bridgehead atoms. The highest BCUT2D eigenvalue weighted by Gasteiger charge is 2.33. The molecule has 138 valence electrons. The van der Waals surface area contributed by atoms with E-state index in [0.717, 1.165) is 42.2 Å². The van der Waals surface area contributed by atoms with Crippen LogP contribution in [0.15, 0.2) is 35.7 Å². The molecule has 4 rings (SSSR count). The van der Waals surface area contributed by atoms with Crippen LogP contribution < -0.4 is 4.74 Å². The third-order valence-electron chi connectivity index (χ3n) is 5.48. The molecule has 4 nitrogen and oxygen atoms in total. The first-order valence-electron chi connectivity index (χ1n) is 9.55. The zero-order chi connectivity index (χ0) is 17.9. The molecule has 2 aromatic rings. The van der Waals surface area contributed by atoms with E-state index in [1.54, 1.807) is 0 Å². The Morgan fingerprint density at radius 1 is 1.19 bits per heavy atom. The standard InChI is InChI=1S/C21H26N2O2S/c1-2-16-5-7-19(8-6-16)25-14-17-12-20(26-15-17)21(24)23-11-10-22-9-3-4-18(22)13-23/h5-8,12,15,18H,2-4,9-11,13-14H2,1H3. The van der Waals surface area contributed by atoms with Gasteiger partial charge < -0.3 is 9.64 Å². The minimum atomic E-state index is 0.181. The highest BCUT2D eigenvalue weighted by molar-refractivity contribution is 7.12. The predicted molar refractivity (Wildman–Crippen MR) is 105 cm³/mol. The fourth-order valence-corrected chi connectivity index (χ4v) is 4.75. The molecular formula is C21H26N2O2S. The lowest BCUT2D eigenvalue weighted by Gasteiger charge is -2.37. The van der Waals surface area contributed by atoms with Crippen LogP contribution in [0.25, 0.3) is 0 Å². The van der Waals surface area contributed by atoms with Crippen LogP contribution in [0.3, 0.4) is 0 Å². The molecule has 2 aliphatic heterocycles. The third-order valence-corrected chi connectivity index (χ3v) is 6.44. The summed E-state index contributed by atoms with van der Waals surface area (Å²) < 4.78 is 5.86. The Bertz CT molecular complexity index is 756. The molecule has 2 aliphatic rings. The summed E-state index contributed by atoms with van der Waals surface area (Å²) >= 11 is 1.53. The lowest BCUT2D eigenvalue weighted by molar-refractivity contribution is 0.0576. The number of nitrogens with zero attached hydrogens (tertiary/aromatic N) is 2. The van der Waals surface area contributed by atoms with E-state index in [1.165, 1.54) is 36.3 Å². The fourth-order valence-electron chi connectivity index (χ4n) is 3.88. The summed E-state index contributed by atoms with van der Waals surface area (Å²) in [5, 5.41) is 2.04. The Labute approximate surface area is 159 Å². The number of carbonyl (C=O) groups is 1. The van der Waals surface area contributed by atoms with Gasteiger partial charge in [0.05, 0.1) is 4.88 Å². The monoisotopic (exact) mass is 370 g/mol. The van der Waals surface area contributed by atoms with E-state index in [9.17, 15) is 4.79 Å². The zero-order valence-electron chi connectivity index (χ0n) is 15.3. The summed E-state index contributed by atoms with van der Waals surface area (Å²) in [5.74, 6) is 1.05. The number of hydrogen-bond donors (Lipinski definition) is 0. The molecule has 1 unspecified atom stereocenters. The van der Waals surface area contributed by atoms with Crippen LogP contribution >= 0.6 is 11.3 Å². The Hall–Kier alpha value is -1.85. The number of ether oxygens (including phenoxy) is 1. The van der Waals surface area contributed by atoms with Gasteiger partial charge in [-0.05, 0) is 54.9 Å². The van der Waals surface area contributed by atoms with Crippen LogP contribution in [-0.4, -0.2) is 47.9 Å². The summed E-state index contributed by atoms with van der Waals surface area (Å²) in [7, 11) is 0. The molecule has 0 N–H and O–H groups in total. The number of amides is 1. The minimum Gasteiger partial charge on any atom is -0.489 e. The Kier molecular flexibility index (Phi) is 5.27. The second-order valence-corrected chi connectivity index (χ2v) is 8.10.